The summed E-state index contributed by atoms with van der Waals surface area (Å²) in [7, 11) is 0. The van der Waals surface area contributed by atoms with Gasteiger partial charge in [0.2, 0.25) is 0 Å². The van der Waals surface area contributed by atoms with Crippen LogP contribution in [0.1, 0.15) is 34.1 Å². The molecule has 82 valence electrons. The van der Waals surface area contributed by atoms with Gasteiger partial charge in [0.05, 0.1) is 6.17 Å². The molecule has 0 spiro atoms. The van der Waals surface area contributed by atoms with Crippen LogP contribution in [0, 0.1) is 5.92 Å². The van der Waals surface area contributed by atoms with Crippen LogP contribution in [0.25, 0.3) is 0 Å². The molecule has 2 atom stereocenters. The average molecular weight is 200 g/mol. The molecule has 0 saturated carbocycles. The van der Waals surface area contributed by atoms with Crippen LogP contribution in [-0.4, -0.2) is 29.3 Å². The minimum atomic E-state index is -0.442. The molecule has 1 fully saturated rings. The molecule has 14 heavy (non-hydrogen) atoms. The molecule has 0 aromatic carbocycles. The summed E-state index contributed by atoms with van der Waals surface area (Å²) in [6.07, 6.45) is 0.383. The monoisotopic (exact) mass is 200 g/mol. The first-order chi connectivity index (χ1) is 6.29. The fourth-order valence-electron chi connectivity index (χ4n) is 1.62. The Morgan fingerprint density at radius 2 is 2.07 bits per heavy atom. The Morgan fingerprint density at radius 1 is 1.50 bits per heavy atom. The Bertz CT molecular complexity index is 223. The van der Waals surface area contributed by atoms with Gasteiger partial charge in [0, 0.05) is 6.54 Å². The van der Waals surface area contributed by atoms with Crippen LogP contribution >= 0.6 is 0 Å². The maximum absolute atomic E-state index is 11.6. The number of hydrogen-bond donors (Lipinski definition) is 1. The van der Waals surface area contributed by atoms with Crippen LogP contribution in [0.3, 0.4) is 0 Å². The fourth-order valence-corrected chi connectivity index (χ4v) is 1.62. The number of carbonyl (C=O) groups is 1. The van der Waals surface area contributed by atoms with Crippen molar-refractivity contribution in [2.75, 3.05) is 6.54 Å². The van der Waals surface area contributed by atoms with E-state index in [0.717, 1.165) is 6.42 Å². The van der Waals surface area contributed by atoms with Crippen molar-refractivity contribution in [2.24, 2.45) is 11.7 Å². The van der Waals surface area contributed by atoms with E-state index in [0.29, 0.717) is 12.5 Å². The number of hydrogen-bond acceptors (Lipinski definition) is 3. The largest absolute Gasteiger partial charge is 0.444 e. The molecule has 1 heterocycles. The van der Waals surface area contributed by atoms with E-state index in [9.17, 15) is 4.79 Å². The van der Waals surface area contributed by atoms with E-state index in [4.69, 9.17) is 10.5 Å². The highest BCUT2D eigenvalue weighted by Gasteiger charge is 2.33. The second kappa shape index (κ2) is 3.77. The predicted molar refractivity (Wildman–Crippen MR) is 54.7 cm³/mol. The summed E-state index contributed by atoms with van der Waals surface area (Å²) in [6.45, 7) is 8.36. The summed E-state index contributed by atoms with van der Waals surface area (Å²) in [5.41, 5.74) is 5.37. The van der Waals surface area contributed by atoms with Crippen LogP contribution in [0.2, 0.25) is 0 Å². The standard InChI is InChI=1S/C10H20N2O2/c1-7-5-8(11)12(6-7)9(13)14-10(2,3)4/h7-8H,5-6,11H2,1-4H3/t7-,8+/m1/s1. The normalized spacial score (nSPS) is 27.9. The van der Waals surface area contributed by atoms with Crippen LogP contribution in [0.5, 0.6) is 0 Å². The first-order valence-electron chi connectivity index (χ1n) is 5.05. The quantitative estimate of drug-likeness (QED) is 0.645. The minimum absolute atomic E-state index is 0.181. The number of rotatable bonds is 0. The Hall–Kier alpha value is -0.770. The third-order valence-corrected chi connectivity index (χ3v) is 2.18. The van der Waals surface area contributed by atoms with Crippen molar-refractivity contribution in [3.8, 4) is 0 Å². The van der Waals surface area contributed by atoms with Crippen molar-refractivity contribution >= 4 is 6.09 Å². The Kier molecular flexibility index (Phi) is 3.04. The number of likely N-dealkylation sites (tertiary alicyclic amines) is 1. The van der Waals surface area contributed by atoms with Crippen LogP contribution in [0.4, 0.5) is 4.79 Å². The van der Waals surface area contributed by atoms with E-state index in [1.165, 1.54) is 0 Å². The van der Waals surface area contributed by atoms with Crippen LogP contribution in [-0.2, 0) is 4.74 Å². The van der Waals surface area contributed by atoms with Crippen molar-refractivity contribution in [2.45, 2.75) is 45.9 Å². The van der Waals surface area contributed by atoms with Gasteiger partial charge >= 0.3 is 6.09 Å². The van der Waals surface area contributed by atoms with E-state index in [1.807, 2.05) is 20.8 Å². The van der Waals surface area contributed by atoms with Gasteiger partial charge in [-0.3, -0.25) is 4.90 Å². The van der Waals surface area contributed by atoms with Crippen LogP contribution < -0.4 is 5.73 Å². The van der Waals surface area contributed by atoms with Gasteiger partial charge in [-0.15, -0.1) is 0 Å². The number of amides is 1. The summed E-state index contributed by atoms with van der Waals surface area (Å²) < 4.78 is 5.25. The molecular weight excluding hydrogens is 180 g/mol. The third kappa shape index (κ3) is 2.87. The minimum Gasteiger partial charge on any atom is -0.444 e. The topological polar surface area (TPSA) is 55.6 Å². The zero-order valence-electron chi connectivity index (χ0n) is 9.41. The molecule has 0 aromatic rings. The number of nitrogens with zero attached hydrogens (tertiary/aromatic N) is 1. The van der Waals surface area contributed by atoms with E-state index in [2.05, 4.69) is 6.92 Å². The van der Waals surface area contributed by atoms with Crippen molar-refractivity contribution in [1.29, 1.82) is 0 Å². The van der Waals surface area contributed by atoms with E-state index in [1.54, 1.807) is 4.90 Å². The van der Waals surface area contributed by atoms with Gasteiger partial charge in [-0.25, -0.2) is 4.79 Å². The second-order valence-electron chi connectivity index (χ2n) is 5.04. The molecule has 0 bridgehead atoms. The maximum atomic E-state index is 11.6. The molecule has 4 nitrogen and oxygen atoms in total. The highest BCUT2D eigenvalue weighted by molar-refractivity contribution is 5.68. The Labute approximate surface area is 85.4 Å². The van der Waals surface area contributed by atoms with Gasteiger partial charge in [0.15, 0.2) is 0 Å². The van der Waals surface area contributed by atoms with Crippen molar-refractivity contribution in [3.63, 3.8) is 0 Å². The molecule has 0 aromatic heterocycles. The van der Waals surface area contributed by atoms with Gasteiger partial charge in [-0.1, -0.05) is 6.92 Å². The van der Waals surface area contributed by atoms with Gasteiger partial charge in [-0.05, 0) is 33.1 Å². The first kappa shape index (κ1) is 11.3. The number of nitrogens with two attached hydrogens (primary N) is 1. The highest BCUT2D eigenvalue weighted by atomic mass is 16.6. The molecular formula is C10H20N2O2. The lowest BCUT2D eigenvalue weighted by atomic mass is 10.1. The lowest BCUT2D eigenvalue weighted by molar-refractivity contribution is 0.0227. The number of carbonyl (C=O) groups excluding carboxylic acids is 1. The third-order valence-electron chi connectivity index (χ3n) is 2.18. The fraction of sp³-hybridized carbons (Fsp3) is 0.900. The predicted octanol–water partition coefficient (Wildman–Crippen LogP) is 1.55. The summed E-state index contributed by atoms with van der Waals surface area (Å²) in [5.74, 6) is 0.470. The van der Waals surface area contributed by atoms with E-state index >= 15 is 0 Å². The molecule has 1 aliphatic heterocycles. The van der Waals surface area contributed by atoms with Crippen molar-refractivity contribution in [1.82, 2.24) is 4.90 Å². The molecule has 4 heteroatoms. The molecule has 0 radical (unpaired) electrons. The smallest absolute Gasteiger partial charge is 0.411 e. The molecule has 1 rings (SSSR count). The highest BCUT2D eigenvalue weighted by Crippen LogP contribution is 2.21. The molecule has 2 N–H and O–H groups in total. The lowest BCUT2D eigenvalue weighted by Crippen LogP contribution is -2.43. The lowest BCUT2D eigenvalue weighted by Gasteiger charge is -2.26. The van der Waals surface area contributed by atoms with Gasteiger partial charge in [0.25, 0.3) is 0 Å². The summed E-state index contributed by atoms with van der Waals surface area (Å²) in [6, 6.07) is 0. The summed E-state index contributed by atoms with van der Waals surface area (Å²) in [5, 5.41) is 0. The van der Waals surface area contributed by atoms with Gasteiger partial charge in [0.1, 0.15) is 5.60 Å². The first-order valence-corrected chi connectivity index (χ1v) is 5.05. The maximum Gasteiger partial charge on any atom is 0.411 e. The zero-order chi connectivity index (χ0) is 10.9. The summed E-state index contributed by atoms with van der Waals surface area (Å²) >= 11 is 0. The van der Waals surface area contributed by atoms with E-state index in [-0.39, 0.29) is 12.3 Å². The molecule has 0 aliphatic carbocycles. The summed E-state index contributed by atoms with van der Waals surface area (Å²) in [4.78, 5) is 13.2. The number of ether oxygens (including phenoxy) is 1. The molecule has 1 amide bonds. The van der Waals surface area contributed by atoms with Gasteiger partial charge < -0.3 is 10.5 Å². The molecule has 0 unspecified atom stereocenters. The molecule has 1 aliphatic rings. The Morgan fingerprint density at radius 3 is 2.43 bits per heavy atom. The van der Waals surface area contributed by atoms with Crippen molar-refractivity contribution in [3.05, 3.63) is 0 Å². The van der Waals surface area contributed by atoms with E-state index < -0.39 is 5.60 Å². The Balaban J connectivity index is 2.53. The molecule has 1 saturated heterocycles. The van der Waals surface area contributed by atoms with Gasteiger partial charge in [-0.2, -0.15) is 0 Å². The zero-order valence-corrected chi connectivity index (χ0v) is 9.41. The van der Waals surface area contributed by atoms with Crippen LogP contribution in [0.15, 0.2) is 0 Å². The van der Waals surface area contributed by atoms with Crippen molar-refractivity contribution < 1.29 is 9.53 Å². The second-order valence-corrected chi connectivity index (χ2v) is 5.04. The SMILES string of the molecule is C[C@@H]1C[C@@H](N)N(C(=O)OC(C)(C)C)C1. The average Bonchev–Trinajstić information content (AvgIpc) is 2.26.